The number of ether oxygens (including phenoxy) is 4. The van der Waals surface area contributed by atoms with E-state index in [1.165, 1.54) is 7.11 Å². The van der Waals surface area contributed by atoms with Gasteiger partial charge in [0.05, 0.1) is 67.5 Å². The van der Waals surface area contributed by atoms with Gasteiger partial charge in [0.25, 0.3) is 5.91 Å². The van der Waals surface area contributed by atoms with Crippen LogP contribution in [0.1, 0.15) is 28.8 Å². The van der Waals surface area contributed by atoms with Crippen LogP contribution in [0.25, 0.3) is 10.4 Å². The Morgan fingerprint density at radius 2 is 1.74 bits per heavy atom. The highest BCUT2D eigenvalue weighted by Gasteiger charge is 2.36. The molecule has 0 aliphatic heterocycles. The van der Waals surface area contributed by atoms with E-state index in [9.17, 15) is 31.5 Å². The molecule has 0 fully saturated rings. The molecule has 216 valence electrons. The van der Waals surface area contributed by atoms with Crippen LogP contribution >= 0.6 is 0 Å². The SMILES string of the molecule is COCCCC(O)CS(=O)(=O)c1ccc(C(F)(F)F)c(C(=O)NCCOCCOCCOCCN=[N+]=[N-])c1. The summed E-state index contributed by atoms with van der Waals surface area (Å²) >= 11 is 0. The standard InChI is InChI=1S/C22H33F3N4O8S/c1-34-8-2-3-17(30)16-38(32,33)18-4-5-20(22(23,24)25)19(15-18)21(31)27-6-9-35-11-13-37-14-12-36-10-7-28-29-26/h4-5,15,17,30H,2-3,6-14,16H2,1H3,(H,27,31). The average Bonchev–Trinajstić information content (AvgIpc) is 2.85. The molecule has 38 heavy (non-hydrogen) atoms. The molecule has 0 heterocycles. The molecule has 2 N–H and O–H groups in total. The number of carbonyl (C=O) groups is 1. The second-order valence-electron chi connectivity index (χ2n) is 7.82. The van der Waals surface area contributed by atoms with E-state index in [0.29, 0.717) is 31.8 Å². The minimum Gasteiger partial charge on any atom is -0.392 e. The summed E-state index contributed by atoms with van der Waals surface area (Å²) in [5.41, 5.74) is 5.98. The Morgan fingerprint density at radius 3 is 2.34 bits per heavy atom. The monoisotopic (exact) mass is 570 g/mol. The largest absolute Gasteiger partial charge is 0.417 e. The molecule has 0 bridgehead atoms. The summed E-state index contributed by atoms with van der Waals surface area (Å²) in [7, 11) is -2.71. The molecule has 0 saturated heterocycles. The number of aliphatic hydroxyl groups excluding tert-OH is 1. The molecule has 1 aromatic rings. The third-order valence-corrected chi connectivity index (χ3v) is 6.67. The maximum Gasteiger partial charge on any atom is 0.417 e. The number of nitrogens with zero attached hydrogens (tertiary/aromatic N) is 3. The Labute approximate surface area is 218 Å². The van der Waals surface area contributed by atoms with Crippen LogP contribution in [0, 0.1) is 0 Å². The van der Waals surface area contributed by atoms with Gasteiger partial charge in [-0.2, -0.15) is 13.2 Å². The molecule has 0 aliphatic carbocycles. The van der Waals surface area contributed by atoms with Gasteiger partial charge in [0.15, 0.2) is 9.84 Å². The van der Waals surface area contributed by atoms with Crippen LogP contribution < -0.4 is 5.32 Å². The summed E-state index contributed by atoms with van der Waals surface area (Å²) in [6.45, 7) is 1.58. The normalized spacial score (nSPS) is 12.7. The molecular formula is C22H33F3N4O8S. The molecule has 12 nitrogen and oxygen atoms in total. The number of aliphatic hydroxyl groups is 1. The number of methoxy groups -OCH3 is 1. The second-order valence-corrected chi connectivity index (χ2v) is 9.86. The number of azide groups is 1. The topological polar surface area (TPSA) is 169 Å². The number of benzene rings is 1. The molecule has 1 aromatic carbocycles. The number of sulfone groups is 1. The predicted octanol–water partition coefficient (Wildman–Crippen LogP) is 2.36. The molecule has 1 atom stereocenters. The minimum absolute atomic E-state index is 0.0230. The first-order valence-corrected chi connectivity index (χ1v) is 13.3. The quantitative estimate of drug-likeness (QED) is 0.104. The zero-order valence-corrected chi connectivity index (χ0v) is 21.8. The summed E-state index contributed by atoms with van der Waals surface area (Å²) in [4.78, 5) is 14.6. The Bertz CT molecular complexity index is 1000. The highest BCUT2D eigenvalue weighted by atomic mass is 32.2. The van der Waals surface area contributed by atoms with Crippen LogP contribution in [-0.2, 0) is 35.0 Å². The molecule has 16 heteroatoms. The van der Waals surface area contributed by atoms with Gasteiger partial charge in [0.2, 0.25) is 0 Å². The Kier molecular flexibility index (Phi) is 15.8. The zero-order chi connectivity index (χ0) is 28.4. The number of amides is 1. The van der Waals surface area contributed by atoms with E-state index in [4.69, 9.17) is 24.5 Å². The van der Waals surface area contributed by atoms with Crippen molar-refractivity contribution in [1.29, 1.82) is 0 Å². The minimum atomic E-state index is -4.89. The fourth-order valence-electron chi connectivity index (χ4n) is 3.07. The number of hydrogen-bond donors (Lipinski definition) is 2. The first-order valence-electron chi connectivity index (χ1n) is 11.7. The van der Waals surface area contributed by atoms with Gasteiger partial charge in [0, 0.05) is 31.7 Å². The lowest BCUT2D eigenvalue weighted by molar-refractivity contribution is -0.138. The molecule has 1 unspecified atom stereocenters. The van der Waals surface area contributed by atoms with Crippen LogP contribution in [0.3, 0.4) is 0 Å². The lowest BCUT2D eigenvalue weighted by Gasteiger charge is -2.16. The lowest BCUT2D eigenvalue weighted by atomic mass is 10.1. The zero-order valence-electron chi connectivity index (χ0n) is 21.0. The molecule has 0 spiro atoms. The van der Waals surface area contributed by atoms with E-state index in [1.54, 1.807) is 0 Å². The molecule has 1 amide bonds. The summed E-state index contributed by atoms with van der Waals surface area (Å²) in [5.74, 6) is -1.83. The number of halogens is 3. The van der Waals surface area contributed by atoms with E-state index < -0.39 is 49.8 Å². The van der Waals surface area contributed by atoms with E-state index >= 15 is 0 Å². The maximum atomic E-state index is 13.5. The predicted molar refractivity (Wildman–Crippen MR) is 129 cm³/mol. The van der Waals surface area contributed by atoms with Crippen molar-refractivity contribution < 1.29 is 50.4 Å². The van der Waals surface area contributed by atoms with Crippen LogP contribution in [0.2, 0.25) is 0 Å². The summed E-state index contributed by atoms with van der Waals surface area (Å²) in [6, 6.07) is 1.97. The highest BCUT2D eigenvalue weighted by Crippen LogP contribution is 2.33. The fourth-order valence-corrected chi connectivity index (χ4v) is 4.51. The summed E-state index contributed by atoms with van der Waals surface area (Å²) < 4.78 is 86.1. The van der Waals surface area contributed by atoms with Crippen LogP contribution in [0.4, 0.5) is 13.2 Å². The van der Waals surface area contributed by atoms with Crippen molar-refractivity contribution in [3.63, 3.8) is 0 Å². The third-order valence-electron chi connectivity index (χ3n) is 4.87. The number of rotatable bonds is 20. The molecule has 0 saturated carbocycles. The first kappa shape index (κ1) is 33.6. The maximum absolute atomic E-state index is 13.5. The van der Waals surface area contributed by atoms with E-state index in [2.05, 4.69) is 15.3 Å². The van der Waals surface area contributed by atoms with Crippen molar-refractivity contribution in [2.45, 2.75) is 30.0 Å². The van der Waals surface area contributed by atoms with Crippen molar-refractivity contribution >= 4 is 15.7 Å². The van der Waals surface area contributed by atoms with E-state index in [-0.39, 0.29) is 52.5 Å². The first-order chi connectivity index (χ1) is 18.0. The summed E-state index contributed by atoms with van der Waals surface area (Å²) in [6.07, 6.45) is -5.61. The molecule has 1 rings (SSSR count). The molecule has 0 aromatic heterocycles. The molecular weight excluding hydrogens is 537 g/mol. The van der Waals surface area contributed by atoms with Gasteiger partial charge >= 0.3 is 6.18 Å². The lowest BCUT2D eigenvalue weighted by Crippen LogP contribution is -2.30. The van der Waals surface area contributed by atoms with Crippen LogP contribution in [0.5, 0.6) is 0 Å². The van der Waals surface area contributed by atoms with E-state index in [0.717, 1.165) is 6.07 Å². The number of alkyl halides is 3. The highest BCUT2D eigenvalue weighted by molar-refractivity contribution is 7.91. The van der Waals surface area contributed by atoms with Crippen molar-refractivity contribution in [2.24, 2.45) is 5.11 Å². The van der Waals surface area contributed by atoms with Crippen molar-refractivity contribution in [2.75, 3.05) is 72.2 Å². The van der Waals surface area contributed by atoms with Gasteiger partial charge in [-0.25, -0.2) is 8.42 Å². The second kappa shape index (κ2) is 17.9. The molecule has 0 aliphatic rings. The summed E-state index contributed by atoms with van der Waals surface area (Å²) in [5, 5.41) is 15.6. The smallest absolute Gasteiger partial charge is 0.392 e. The number of nitrogens with one attached hydrogen (secondary N) is 1. The van der Waals surface area contributed by atoms with Crippen LogP contribution in [-0.4, -0.2) is 97.7 Å². The number of carbonyl (C=O) groups excluding carboxylic acids is 1. The van der Waals surface area contributed by atoms with Gasteiger partial charge in [-0.3, -0.25) is 4.79 Å². The third kappa shape index (κ3) is 13.4. The van der Waals surface area contributed by atoms with Crippen molar-refractivity contribution in [3.8, 4) is 0 Å². The number of hydrogen-bond acceptors (Lipinski definition) is 9. The van der Waals surface area contributed by atoms with Crippen LogP contribution in [0.15, 0.2) is 28.2 Å². The van der Waals surface area contributed by atoms with Gasteiger partial charge in [0.1, 0.15) is 0 Å². The Hall–Kier alpha value is -2.46. The molecule has 0 radical (unpaired) electrons. The van der Waals surface area contributed by atoms with E-state index in [1.807, 2.05) is 0 Å². The Balaban J connectivity index is 2.59. The van der Waals surface area contributed by atoms with Gasteiger partial charge in [-0.05, 0) is 36.6 Å². The fraction of sp³-hybridized carbons (Fsp3) is 0.682. The average molecular weight is 571 g/mol. The Morgan fingerprint density at radius 1 is 1.11 bits per heavy atom. The van der Waals surface area contributed by atoms with Crippen molar-refractivity contribution in [1.82, 2.24) is 5.32 Å². The van der Waals surface area contributed by atoms with Crippen molar-refractivity contribution in [3.05, 3.63) is 39.8 Å². The van der Waals surface area contributed by atoms with Gasteiger partial charge in [-0.1, -0.05) is 5.11 Å². The van der Waals surface area contributed by atoms with Gasteiger partial charge in [-0.15, -0.1) is 0 Å². The van der Waals surface area contributed by atoms with Gasteiger partial charge < -0.3 is 29.4 Å².